The summed E-state index contributed by atoms with van der Waals surface area (Å²) in [5.41, 5.74) is 1.51. The lowest BCUT2D eigenvalue weighted by atomic mass is 10.1. The van der Waals surface area contributed by atoms with Crippen molar-refractivity contribution in [1.82, 2.24) is 0 Å². The van der Waals surface area contributed by atoms with E-state index in [1.807, 2.05) is 0 Å². The Bertz CT molecular complexity index is 129. The van der Waals surface area contributed by atoms with E-state index in [2.05, 4.69) is 25.2 Å². The van der Waals surface area contributed by atoms with Gasteiger partial charge in [-0.1, -0.05) is 23.8 Å². The number of allylic oxidation sites excluding steroid dienone is 4. The van der Waals surface area contributed by atoms with Crippen LogP contribution in [0.4, 0.5) is 0 Å². The highest BCUT2D eigenvalue weighted by atomic mass is 14.0. The van der Waals surface area contributed by atoms with Crippen molar-refractivity contribution in [3.8, 4) is 0 Å². The molecule has 1 aliphatic rings. The number of rotatable bonds is 0. The third-order valence-electron chi connectivity index (χ3n) is 1.79. The van der Waals surface area contributed by atoms with Gasteiger partial charge in [-0.3, -0.25) is 0 Å². The van der Waals surface area contributed by atoms with Gasteiger partial charge >= 0.3 is 0 Å². The molecule has 0 saturated heterocycles. The molecule has 50 valence electrons. The Balaban J connectivity index is 2.52. The smallest absolute Gasteiger partial charge is 0.0282 e. The van der Waals surface area contributed by atoms with Gasteiger partial charge in [-0.05, 0) is 32.6 Å². The molecule has 0 aromatic carbocycles. The van der Waals surface area contributed by atoms with E-state index in [-0.39, 0.29) is 0 Å². The van der Waals surface area contributed by atoms with E-state index in [1.165, 1.54) is 31.3 Å². The summed E-state index contributed by atoms with van der Waals surface area (Å²) >= 11 is 0. The number of hydrogen-bond donors (Lipinski definition) is 0. The second kappa shape index (κ2) is 3.49. The summed E-state index contributed by atoms with van der Waals surface area (Å²) in [6.45, 7) is 2.12. The van der Waals surface area contributed by atoms with Crippen molar-refractivity contribution in [3.63, 3.8) is 0 Å². The van der Waals surface area contributed by atoms with Crippen LogP contribution in [0.15, 0.2) is 23.8 Å². The van der Waals surface area contributed by atoms with Crippen molar-refractivity contribution in [1.29, 1.82) is 0 Å². The first kappa shape index (κ1) is 6.60. The van der Waals surface area contributed by atoms with Crippen molar-refractivity contribution in [3.05, 3.63) is 23.8 Å². The molecular weight excluding hydrogens is 108 g/mol. The van der Waals surface area contributed by atoms with Gasteiger partial charge in [0.05, 0.1) is 0 Å². The van der Waals surface area contributed by atoms with Crippen LogP contribution in [0.1, 0.15) is 32.6 Å². The van der Waals surface area contributed by atoms with Crippen molar-refractivity contribution in [2.24, 2.45) is 0 Å². The summed E-state index contributed by atoms with van der Waals surface area (Å²) in [7, 11) is 0. The molecular formula is C9H14. The minimum absolute atomic E-state index is 1.28. The molecule has 0 aliphatic heterocycles. The molecule has 0 heteroatoms. The van der Waals surface area contributed by atoms with E-state index in [9.17, 15) is 0 Å². The highest BCUT2D eigenvalue weighted by Crippen LogP contribution is 2.14. The molecule has 0 fully saturated rings. The Morgan fingerprint density at radius 1 is 1.44 bits per heavy atom. The van der Waals surface area contributed by atoms with Crippen LogP contribution >= 0.6 is 0 Å². The van der Waals surface area contributed by atoms with Gasteiger partial charge < -0.3 is 0 Å². The normalized spacial score (nSPS) is 24.3. The van der Waals surface area contributed by atoms with Crippen LogP contribution in [0.5, 0.6) is 0 Å². The quantitative estimate of drug-likeness (QED) is 0.463. The second-order valence-electron chi connectivity index (χ2n) is 2.51. The average Bonchev–Trinajstić information content (AvgIpc) is 2.13. The Hall–Kier alpha value is -0.520. The van der Waals surface area contributed by atoms with Gasteiger partial charge in [-0.15, -0.1) is 0 Å². The lowest BCUT2D eigenvalue weighted by molar-refractivity contribution is 0.765. The van der Waals surface area contributed by atoms with Gasteiger partial charge in [0.15, 0.2) is 0 Å². The van der Waals surface area contributed by atoms with Crippen LogP contribution in [-0.4, -0.2) is 0 Å². The first-order chi connectivity index (χ1) is 4.43. The van der Waals surface area contributed by atoms with E-state index in [1.54, 1.807) is 0 Å². The molecule has 0 heterocycles. The maximum absolute atomic E-state index is 2.28. The molecule has 0 nitrogen and oxygen atoms in total. The van der Waals surface area contributed by atoms with Crippen molar-refractivity contribution in [2.75, 3.05) is 0 Å². The fraction of sp³-hybridized carbons (Fsp3) is 0.556. The largest absolute Gasteiger partial charge is 0.0845 e. The first-order valence-corrected chi connectivity index (χ1v) is 3.75. The monoisotopic (exact) mass is 122 g/mol. The lowest BCUT2D eigenvalue weighted by Gasteiger charge is -1.93. The van der Waals surface area contributed by atoms with E-state index in [0.717, 1.165) is 0 Å². The molecule has 0 aromatic heterocycles. The Kier molecular flexibility index (Phi) is 2.56. The summed E-state index contributed by atoms with van der Waals surface area (Å²) in [6.07, 6.45) is 12.0. The zero-order chi connectivity index (χ0) is 6.53. The minimum Gasteiger partial charge on any atom is -0.0845 e. The average molecular weight is 122 g/mol. The zero-order valence-corrected chi connectivity index (χ0v) is 6.06. The molecule has 0 radical (unpaired) electrons. The molecule has 0 unspecified atom stereocenters. The van der Waals surface area contributed by atoms with Gasteiger partial charge in [0.1, 0.15) is 0 Å². The van der Waals surface area contributed by atoms with Crippen LogP contribution in [-0.2, 0) is 0 Å². The van der Waals surface area contributed by atoms with Gasteiger partial charge in [0.2, 0.25) is 0 Å². The Labute approximate surface area is 57.3 Å². The molecule has 0 N–H and O–H groups in total. The maximum Gasteiger partial charge on any atom is -0.0282 e. The lowest BCUT2D eigenvalue weighted by Crippen LogP contribution is -1.74. The van der Waals surface area contributed by atoms with Gasteiger partial charge in [0, 0.05) is 0 Å². The Morgan fingerprint density at radius 2 is 2.33 bits per heavy atom. The molecule has 0 atom stereocenters. The summed E-state index contributed by atoms with van der Waals surface area (Å²) in [5.74, 6) is 0. The molecule has 0 spiro atoms. The van der Waals surface area contributed by atoms with Crippen molar-refractivity contribution >= 4 is 0 Å². The topological polar surface area (TPSA) is 0 Å². The summed E-state index contributed by atoms with van der Waals surface area (Å²) in [6, 6.07) is 0. The van der Waals surface area contributed by atoms with E-state index in [4.69, 9.17) is 0 Å². The predicted octanol–water partition coefficient (Wildman–Crippen LogP) is 3.06. The van der Waals surface area contributed by atoms with E-state index in [0.29, 0.717) is 0 Å². The maximum atomic E-state index is 2.28. The standard InChI is InChI=1S/C9H14/c1-2-9-7-5-3-4-6-8-9/h2,5,7H,3-4,6,8H2,1H3/b9-2-. The highest BCUT2D eigenvalue weighted by Gasteiger charge is 1.95. The second-order valence-corrected chi connectivity index (χ2v) is 2.51. The molecule has 1 aliphatic carbocycles. The Morgan fingerprint density at radius 3 is 3.11 bits per heavy atom. The molecule has 0 saturated carbocycles. The van der Waals surface area contributed by atoms with Gasteiger partial charge in [-0.2, -0.15) is 0 Å². The van der Waals surface area contributed by atoms with Crippen LogP contribution in [0.3, 0.4) is 0 Å². The fourth-order valence-corrected chi connectivity index (χ4v) is 1.15. The first-order valence-electron chi connectivity index (χ1n) is 3.75. The third kappa shape index (κ3) is 2.05. The molecule has 9 heavy (non-hydrogen) atoms. The minimum atomic E-state index is 1.28. The van der Waals surface area contributed by atoms with Crippen LogP contribution in [0, 0.1) is 0 Å². The molecule has 0 bridgehead atoms. The van der Waals surface area contributed by atoms with Crippen molar-refractivity contribution in [2.45, 2.75) is 32.6 Å². The highest BCUT2D eigenvalue weighted by molar-refractivity contribution is 5.18. The van der Waals surface area contributed by atoms with Gasteiger partial charge in [-0.25, -0.2) is 0 Å². The van der Waals surface area contributed by atoms with Gasteiger partial charge in [0.25, 0.3) is 0 Å². The van der Waals surface area contributed by atoms with Crippen LogP contribution in [0.25, 0.3) is 0 Å². The van der Waals surface area contributed by atoms with E-state index >= 15 is 0 Å². The summed E-state index contributed by atoms with van der Waals surface area (Å²) in [4.78, 5) is 0. The van der Waals surface area contributed by atoms with Crippen LogP contribution in [0.2, 0.25) is 0 Å². The van der Waals surface area contributed by atoms with E-state index < -0.39 is 0 Å². The third-order valence-corrected chi connectivity index (χ3v) is 1.79. The summed E-state index contributed by atoms with van der Waals surface area (Å²) < 4.78 is 0. The fourth-order valence-electron chi connectivity index (χ4n) is 1.15. The predicted molar refractivity (Wildman–Crippen MR) is 41.4 cm³/mol. The molecule has 1 rings (SSSR count). The summed E-state index contributed by atoms with van der Waals surface area (Å²) in [5, 5.41) is 0. The molecule has 0 aromatic rings. The number of hydrogen-bond acceptors (Lipinski definition) is 0. The van der Waals surface area contributed by atoms with Crippen molar-refractivity contribution < 1.29 is 0 Å². The molecule has 0 amide bonds. The van der Waals surface area contributed by atoms with Crippen LogP contribution < -0.4 is 0 Å². The zero-order valence-electron chi connectivity index (χ0n) is 6.06. The SMILES string of the molecule is C/C=C1/C=CCCCC1.